The molecule has 2 unspecified atom stereocenters. The van der Waals surface area contributed by atoms with Gasteiger partial charge in [-0.25, -0.2) is 0 Å². The first-order chi connectivity index (χ1) is 13.5. The van der Waals surface area contributed by atoms with Crippen molar-refractivity contribution < 1.29 is 15.1 Å². The van der Waals surface area contributed by atoms with E-state index in [-0.39, 0.29) is 35.3 Å². The van der Waals surface area contributed by atoms with Crippen LogP contribution in [0.3, 0.4) is 0 Å². The largest absolute Gasteiger partial charge is 0.412 e. The third kappa shape index (κ3) is 6.29. The highest BCUT2D eigenvalue weighted by molar-refractivity contribution is 6.42. The van der Waals surface area contributed by atoms with Gasteiger partial charge in [-0.05, 0) is 54.8 Å². The van der Waals surface area contributed by atoms with Crippen molar-refractivity contribution in [1.29, 1.82) is 0 Å². The van der Waals surface area contributed by atoms with E-state index in [0.717, 1.165) is 37.7 Å². The predicted octanol–water partition coefficient (Wildman–Crippen LogP) is 6.72. The number of Topliss-reactive ketones (excluding diaryl/α,β-unsaturated/α-hetero) is 2. The van der Waals surface area contributed by atoms with Crippen LogP contribution >= 0.6 is 34.8 Å². The summed E-state index contributed by atoms with van der Waals surface area (Å²) < 4.78 is 0. The second kappa shape index (κ2) is 11.1. The van der Waals surface area contributed by atoms with Gasteiger partial charge in [-0.15, -0.1) is 0 Å². The fourth-order valence-corrected chi connectivity index (χ4v) is 4.41. The van der Waals surface area contributed by atoms with E-state index in [9.17, 15) is 9.59 Å². The highest BCUT2D eigenvalue weighted by Crippen LogP contribution is 2.38. The molecule has 2 atom stereocenters. The lowest BCUT2D eigenvalue weighted by Crippen LogP contribution is -2.26. The topological polar surface area (TPSA) is 65.6 Å². The molecule has 1 aliphatic rings. The first kappa shape index (κ1) is 23.9. The normalized spacial score (nSPS) is 18.3. The number of benzene rings is 2. The molecule has 0 saturated heterocycles. The summed E-state index contributed by atoms with van der Waals surface area (Å²) in [5.41, 5.74) is 1.50. The van der Waals surface area contributed by atoms with Crippen LogP contribution < -0.4 is 0 Å². The van der Waals surface area contributed by atoms with Crippen LogP contribution in [-0.4, -0.2) is 17.0 Å². The van der Waals surface area contributed by atoms with Gasteiger partial charge < -0.3 is 5.48 Å². The van der Waals surface area contributed by atoms with Crippen molar-refractivity contribution in [1.82, 2.24) is 0 Å². The molecule has 2 aromatic rings. The minimum atomic E-state index is -0.205. The Morgan fingerprint density at radius 1 is 0.931 bits per heavy atom. The zero-order chi connectivity index (χ0) is 20.1. The third-order valence-corrected chi connectivity index (χ3v) is 6.52. The number of carbonyl (C=O) groups is 2. The highest BCUT2D eigenvalue weighted by Gasteiger charge is 2.32. The van der Waals surface area contributed by atoms with Gasteiger partial charge in [0.05, 0.1) is 10.0 Å². The summed E-state index contributed by atoms with van der Waals surface area (Å²) in [6, 6.07) is 12.3. The predicted molar refractivity (Wildman–Crippen MR) is 119 cm³/mol. The molecule has 0 aromatic heterocycles. The maximum atomic E-state index is 13.0. The molecule has 1 aliphatic carbocycles. The van der Waals surface area contributed by atoms with E-state index < -0.39 is 0 Å². The van der Waals surface area contributed by atoms with Gasteiger partial charge in [0.25, 0.3) is 0 Å². The molecule has 156 valence electrons. The fourth-order valence-electron chi connectivity index (χ4n) is 3.98. The van der Waals surface area contributed by atoms with Crippen molar-refractivity contribution in [3.05, 3.63) is 68.7 Å². The van der Waals surface area contributed by atoms with Crippen LogP contribution in [0, 0.1) is 5.92 Å². The van der Waals surface area contributed by atoms with E-state index in [4.69, 9.17) is 34.8 Å². The van der Waals surface area contributed by atoms with E-state index in [2.05, 4.69) is 0 Å². The molecule has 29 heavy (non-hydrogen) atoms. The standard InChI is InChI=1S/C23H23Cl3O2.H2O/c24-17-10-7-15(8-11-17)23(28)14-19(16-9-12-20(25)21(26)13-16)18-5-3-1-2-4-6-22(18)27;/h7-13,18-19H,1-6,14H2;1H2. The molecule has 3 nitrogen and oxygen atoms in total. The summed E-state index contributed by atoms with van der Waals surface area (Å²) in [6.07, 6.45) is 5.80. The SMILES string of the molecule is O.O=C(CC(c1ccc(Cl)c(Cl)c1)C1CCCCCCC1=O)c1ccc(Cl)cc1. The molecule has 2 N–H and O–H groups in total. The summed E-state index contributed by atoms with van der Waals surface area (Å²) in [5.74, 6) is -0.125. The van der Waals surface area contributed by atoms with Crippen LogP contribution in [0.15, 0.2) is 42.5 Å². The van der Waals surface area contributed by atoms with Crippen molar-refractivity contribution in [2.45, 2.75) is 50.9 Å². The minimum Gasteiger partial charge on any atom is -0.412 e. The third-order valence-electron chi connectivity index (χ3n) is 5.53. The quantitative estimate of drug-likeness (QED) is 0.470. The van der Waals surface area contributed by atoms with Crippen LogP contribution in [0.2, 0.25) is 15.1 Å². The molecule has 6 heteroatoms. The number of halogens is 3. The molecule has 2 aromatic carbocycles. The second-order valence-corrected chi connectivity index (χ2v) is 8.69. The Labute approximate surface area is 186 Å². The first-order valence-electron chi connectivity index (χ1n) is 9.72. The minimum absolute atomic E-state index is 0. The summed E-state index contributed by atoms with van der Waals surface area (Å²) >= 11 is 18.3. The molecule has 1 fully saturated rings. The number of hydrogen-bond donors (Lipinski definition) is 0. The number of hydrogen-bond acceptors (Lipinski definition) is 2. The Kier molecular flexibility index (Phi) is 9.16. The van der Waals surface area contributed by atoms with E-state index in [1.165, 1.54) is 0 Å². The summed E-state index contributed by atoms with van der Waals surface area (Å²) in [7, 11) is 0. The van der Waals surface area contributed by atoms with E-state index in [1.54, 1.807) is 36.4 Å². The Morgan fingerprint density at radius 2 is 1.62 bits per heavy atom. The second-order valence-electron chi connectivity index (χ2n) is 7.44. The Morgan fingerprint density at radius 3 is 2.31 bits per heavy atom. The molecule has 0 amide bonds. The Bertz CT molecular complexity index is 849. The lowest BCUT2D eigenvalue weighted by molar-refractivity contribution is -0.124. The van der Waals surface area contributed by atoms with Gasteiger partial charge in [0.15, 0.2) is 5.78 Å². The summed E-state index contributed by atoms with van der Waals surface area (Å²) in [4.78, 5) is 25.9. The van der Waals surface area contributed by atoms with Gasteiger partial charge >= 0.3 is 0 Å². The molecule has 3 rings (SSSR count). The monoisotopic (exact) mass is 454 g/mol. The maximum Gasteiger partial charge on any atom is 0.163 e. The van der Waals surface area contributed by atoms with Crippen molar-refractivity contribution in [3.8, 4) is 0 Å². The maximum absolute atomic E-state index is 13.0. The van der Waals surface area contributed by atoms with Crippen LogP contribution in [0.4, 0.5) is 0 Å². The molecule has 1 saturated carbocycles. The first-order valence-corrected chi connectivity index (χ1v) is 10.9. The van der Waals surface area contributed by atoms with E-state index >= 15 is 0 Å². The zero-order valence-corrected chi connectivity index (χ0v) is 18.4. The summed E-state index contributed by atoms with van der Waals surface area (Å²) in [6.45, 7) is 0. The molecular formula is C23H25Cl3O3. The average Bonchev–Trinajstić information content (AvgIpc) is 2.66. The van der Waals surface area contributed by atoms with Crippen molar-refractivity contribution >= 4 is 46.4 Å². The van der Waals surface area contributed by atoms with E-state index in [0.29, 0.717) is 27.1 Å². The van der Waals surface area contributed by atoms with Crippen LogP contribution in [0.5, 0.6) is 0 Å². The average molecular weight is 456 g/mol. The van der Waals surface area contributed by atoms with Crippen LogP contribution in [0.1, 0.15) is 66.8 Å². The van der Waals surface area contributed by atoms with Crippen LogP contribution in [-0.2, 0) is 4.79 Å². The molecule has 0 spiro atoms. The lowest BCUT2D eigenvalue weighted by Gasteiger charge is -2.28. The number of ketones is 2. The van der Waals surface area contributed by atoms with Crippen molar-refractivity contribution in [3.63, 3.8) is 0 Å². The summed E-state index contributed by atoms with van der Waals surface area (Å²) in [5, 5.41) is 1.51. The van der Waals surface area contributed by atoms with Gasteiger partial charge in [0.1, 0.15) is 5.78 Å². The van der Waals surface area contributed by atoms with Gasteiger partial charge in [0, 0.05) is 35.3 Å². The van der Waals surface area contributed by atoms with Gasteiger partial charge in [0.2, 0.25) is 0 Å². The van der Waals surface area contributed by atoms with Gasteiger partial charge in [-0.3, -0.25) is 9.59 Å². The number of carbonyl (C=O) groups excluding carboxylic acids is 2. The zero-order valence-electron chi connectivity index (χ0n) is 16.1. The van der Waals surface area contributed by atoms with Gasteiger partial charge in [-0.2, -0.15) is 0 Å². The van der Waals surface area contributed by atoms with Crippen molar-refractivity contribution in [2.75, 3.05) is 0 Å². The molecule has 0 heterocycles. The molecule has 0 bridgehead atoms. The fraction of sp³-hybridized carbons (Fsp3) is 0.391. The molecule has 0 radical (unpaired) electrons. The molecule has 0 aliphatic heterocycles. The van der Waals surface area contributed by atoms with Crippen LogP contribution in [0.25, 0.3) is 0 Å². The molecular weight excluding hydrogens is 431 g/mol. The van der Waals surface area contributed by atoms with Gasteiger partial charge in [-0.1, -0.05) is 60.1 Å². The number of rotatable bonds is 5. The Balaban J connectivity index is 0.00000300. The highest BCUT2D eigenvalue weighted by atomic mass is 35.5. The Hall–Kier alpha value is -1.39. The van der Waals surface area contributed by atoms with E-state index in [1.807, 2.05) is 6.07 Å². The van der Waals surface area contributed by atoms with Crippen molar-refractivity contribution in [2.24, 2.45) is 5.92 Å². The lowest BCUT2D eigenvalue weighted by atomic mass is 9.75. The smallest absolute Gasteiger partial charge is 0.163 e.